The lowest BCUT2D eigenvalue weighted by Crippen LogP contribution is -2.14. The number of nitrogens with zero attached hydrogens (tertiary/aromatic N) is 1. The Kier molecular flexibility index (Phi) is 3.49. The molecule has 4 heteroatoms. The maximum Gasteiger partial charge on any atom is 0.340 e. The fourth-order valence-electron chi connectivity index (χ4n) is 3.61. The van der Waals surface area contributed by atoms with Crippen LogP contribution >= 0.6 is 0 Å². The van der Waals surface area contributed by atoms with Crippen LogP contribution in [0, 0.1) is 0 Å². The number of aromatic hydroxyl groups is 1. The molecule has 0 spiro atoms. The van der Waals surface area contributed by atoms with Crippen molar-refractivity contribution < 1.29 is 15.0 Å². The SMILES string of the molecule is CCc1ccc2nc(C3(c4ccccc4)CC3)c(O)c(C(=O)O)c2c1. The molecule has 0 bridgehead atoms. The highest BCUT2D eigenvalue weighted by molar-refractivity contribution is 6.05. The number of aromatic nitrogens is 1. The van der Waals surface area contributed by atoms with E-state index in [1.54, 1.807) is 0 Å². The lowest BCUT2D eigenvalue weighted by molar-refractivity contribution is 0.0695. The van der Waals surface area contributed by atoms with Crippen molar-refractivity contribution in [3.05, 3.63) is 70.9 Å². The van der Waals surface area contributed by atoms with Gasteiger partial charge < -0.3 is 10.2 Å². The Balaban J connectivity index is 2.00. The van der Waals surface area contributed by atoms with Crippen LogP contribution < -0.4 is 0 Å². The van der Waals surface area contributed by atoms with Gasteiger partial charge in [-0.1, -0.05) is 43.3 Å². The summed E-state index contributed by atoms with van der Waals surface area (Å²) in [6.07, 6.45) is 2.51. The minimum Gasteiger partial charge on any atom is -0.505 e. The summed E-state index contributed by atoms with van der Waals surface area (Å²) in [4.78, 5) is 16.6. The van der Waals surface area contributed by atoms with Gasteiger partial charge in [0.05, 0.1) is 11.2 Å². The fourth-order valence-corrected chi connectivity index (χ4v) is 3.61. The minimum absolute atomic E-state index is 0.0440. The molecule has 2 aromatic carbocycles. The van der Waals surface area contributed by atoms with Gasteiger partial charge in [-0.3, -0.25) is 0 Å². The smallest absolute Gasteiger partial charge is 0.340 e. The third-order valence-corrected chi connectivity index (χ3v) is 5.18. The first-order chi connectivity index (χ1) is 12.1. The Morgan fingerprint density at radius 3 is 2.48 bits per heavy atom. The third-order valence-electron chi connectivity index (χ3n) is 5.18. The number of pyridine rings is 1. The van der Waals surface area contributed by atoms with E-state index in [1.807, 2.05) is 55.5 Å². The maximum atomic E-state index is 11.9. The molecule has 0 unspecified atom stereocenters. The van der Waals surface area contributed by atoms with Gasteiger partial charge in [0.1, 0.15) is 5.56 Å². The quantitative estimate of drug-likeness (QED) is 0.747. The van der Waals surface area contributed by atoms with Crippen LogP contribution in [0.2, 0.25) is 0 Å². The molecule has 1 aliphatic carbocycles. The molecular formula is C21H19NO3. The first kappa shape index (κ1) is 15.6. The normalized spacial score (nSPS) is 15.2. The van der Waals surface area contributed by atoms with Crippen molar-refractivity contribution in [2.45, 2.75) is 31.6 Å². The fraction of sp³-hybridized carbons (Fsp3) is 0.238. The second kappa shape index (κ2) is 5.59. The number of hydrogen-bond donors (Lipinski definition) is 2. The van der Waals surface area contributed by atoms with E-state index in [-0.39, 0.29) is 16.7 Å². The summed E-state index contributed by atoms with van der Waals surface area (Å²) >= 11 is 0. The molecule has 1 aliphatic rings. The van der Waals surface area contributed by atoms with Crippen molar-refractivity contribution in [1.29, 1.82) is 0 Å². The van der Waals surface area contributed by atoms with E-state index in [1.165, 1.54) is 0 Å². The average Bonchev–Trinajstić information content (AvgIpc) is 3.43. The molecule has 25 heavy (non-hydrogen) atoms. The van der Waals surface area contributed by atoms with Gasteiger partial charge in [0, 0.05) is 10.8 Å². The number of aryl methyl sites for hydroxylation is 1. The zero-order valence-corrected chi connectivity index (χ0v) is 14.0. The van der Waals surface area contributed by atoms with Gasteiger partial charge in [-0.2, -0.15) is 0 Å². The van der Waals surface area contributed by atoms with Gasteiger partial charge in [0.25, 0.3) is 0 Å². The van der Waals surface area contributed by atoms with Crippen molar-refractivity contribution in [3.8, 4) is 5.75 Å². The number of carboxylic acid groups (broad SMARTS) is 1. The summed E-state index contributed by atoms with van der Waals surface area (Å²) in [5.74, 6) is -1.32. The average molecular weight is 333 g/mol. The topological polar surface area (TPSA) is 70.4 Å². The zero-order valence-electron chi connectivity index (χ0n) is 14.0. The van der Waals surface area contributed by atoms with Crippen LogP contribution in [-0.4, -0.2) is 21.2 Å². The number of aromatic carboxylic acids is 1. The Morgan fingerprint density at radius 2 is 1.88 bits per heavy atom. The molecule has 0 atom stereocenters. The monoisotopic (exact) mass is 333 g/mol. The molecule has 3 aromatic rings. The molecular weight excluding hydrogens is 314 g/mol. The molecule has 0 saturated heterocycles. The molecule has 126 valence electrons. The van der Waals surface area contributed by atoms with E-state index in [0.29, 0.717) is 16.6 Å². The van der Waals surface area contributed by atoms with Gasteiger partial charge in [-0.25, -0.2) is 9.78 Å². The minimum atomic E-state index is -1.12. The second-order valence-electron chi connectivity index (χ2n) is 6.64. The van der Waals surface area contributed by atoms with Crippen molar-refractivity contribution in [3.63, 3.8) is 0 Å². The zero-order chi connectivity index (χ0) is 17.6. The van der Waals surface area contributed by atoms with Gasteiger partial charge in [-0.15, -0.1) is 0 Å². The van der Waals surface area contributed by atoms with Gasteiger partial charge in [0.2, 0.25) is 0 Å². The van der Waals surface area contributed by atoms with Crippen molar-refractivity contribution in [1.82, 2.24) is 4.98 Å². The number of carboxylic acids is 1. The molecule has 1 saturated carbocycles. The van der Waals surface area contributed by atoms with Crippen LogP contribution in [0.5, 0.6) is 5.75 Å². The predicted molar refractivity (Wildman–Crippen MR) is 96.2 cm³/mol. The molecule has 2 N–H and O–H groups in total. The number of benzene rings is 2. The van der Waals surface area contributed by atoms with E-state index >= 15 is 0 Å². The summed E-state index contributed by atoms with van der Waals surface area (Å²) in [5.41, 5.74) is 2.76. The van der Waals surface area contributed by atoms with Gasteiger partial charge in [-0.05, 0) is 42.5 Å². The van der Waals surface area contributed by atoms with Gasteiger partial charge in [0.15, 0.2) is 5.75 Å². The van der Waals surface area contributed by atoms with Crippen LogP contribution in [0.15, 0.2) is 48.5 Å². The Labute approximate surface area is 145 Å². The number of hydrogen-bond acceptors (Lipinski definition) is 3. The van der Waals surface area contributed by atoms with Crippen LogP contribution in [0.25, 0.3) is 10.9 Å². The molecule has 0 radical (unpaired) electrons. The Hall–Kier alpha value is -2.88. The second-order valence-corrected chi connectivity index (χ2v) is 6.64. The molecule has 4 nitrogen and oxygen atoms in total. The van der Waals surface area contributed by atoms with Crippen LogP contribution in [0.4, 0.5) is 0 Å². The highest BCUT2D eigenvalue weighted by Crippen LogP contribution is 2.56. The van der Waals surface area contributed by atoms with Crippen molar-refractivity contribution >= 4 is 16.9 Å². The molecule has 0 aliphatic heterocycles. The number of fused-ring (bicyclic) bond motifs is 1. The predicted octanol–water partition coefficient (Wildman–Crippen LogP) is 4.28. The van der Waals surface area contributed by atoms with E-state index in [2.05, 4.69) is 0 Å². The molecule has 1 fully saturated rings. The first-order valence-electron chi connectivity index (χ1n) is 8.52. The van der Waals surface area contributed by atoms with Crippen molar-refractivity contribution in [2.75, 3.05) is 0 Å². The maximum absolute atomic E-state index is 11.9. The van der Waals surface area contributed by atoms with Crippen LogP contribution in [0.3, 0.4) is 0 Å². The summed E-state index contributed by atoms with van der Waals surface area (Å²) in [5, 5.41) is 21.0. The van der Waals surface area contributed by atoms with Gasteiger partial charge >= 0.3 is 5.97 Å². The molecule has 1 aromatic heterocycles. The first-order valence-corrected chi connectivity index (χ1v) is 8.52. The van der Waals surface area contributed by atoms with E-state index in [4.69, 9.17) is 4.98 Å². The molecule has 4 rings (SSSR count). The lowest BCUT2D eigenvalue weighted by atomic mass is 9.89. The molecule has 0 amide bonds. The van der Waals surface area contributed by atoms with E-state index in [0.717, 1.165) is 30.4 Å². The van der Waals surface area contributed by atoms with Crippen LogP contribution in [-0.2, 0) is 11.8 Å². The summed E-state index contributed by atoms with van der Waals surface area (Å²) in [6.45, 7) is 2.01. The standard InChI is InChI=1S/C21H19NO3/c1-2-13-8-9-16-15(12-13)17(20(24)25)18(23)19(22-16)21(10-11-21)14-6-4-3-5-7-14/h3-9,12,23H,2,10-11H2,1H3,(H,24,25). The third kappa shape index (κ3) is 2.37. The highest BCUT2D eigenvalue weighted by Gasteiger charge is 2.49. The molecule has 1 heterocycles. The lowest BCUT2D eigenvalue weighted by Gasteiger charge is -2.19. The van der Waals surface area contributed by atoms with Crippen molar-refractivity contribution in [2.24, 2.45) is 0 Å². The summed E-state index contributed by atoms with van der Waals surface area (Å²) in [7, 11) is 0. The Bertz CT molecular complexity index is 975. The van der Waals surface area contributed by atoms with E-state index in [9.17, 15) is 15.0 Å². The largest absolute Gasteiger partial charge is 0.505 e. The van der Waals surface area contributed by atoms with Crippen LogP contribution in [0.1, 0.15) is 46.9 Å². The Morgan fingerprint density at radius 1 is 1.16 bits per heavy atom. The highest BCUT2D eigenvalue weighted by atomic mass is 16.4. The summed E-state index contributed by atoms with van der Waals surface area (Å²) in [6, 6.07) is 15.5. The van der Waals surface area contributed by atoms with E-state index < -0.39 is 5.97 Å². The number of rotatable bonds is 4. The number of carbonyl (C=O) groups is 1. The summed E-state index contributed by atoms with van der Waals surface area (Å²) < 4.78 is 0.